The van der Waals surface area contributed by atoms with Gasteiger partial charge >= 0.3 is 5.97 Å². The molecule has 0 heterocycles. The summed E-state index contributed by atoms with van der Waals surface area (Å²) >= 11 is 0. The summed E-state index contributed by atoms with van der Waals surface area (Å²) in [5.74, 6) is -0.343. The Hall–Kier alpha value is -1.38. The van der Waals surface area contributed by atoms with E-state index in [1.165, 1.54) is 25.0 Å². The minimum absolute atomic E-state index is 0.0329. The van der Waals surface area contributed by atoms with Crippen LogP contribution in [-0.2, 0) is 4.79 Å². The van der Waals surface area contributed by atoms with Crippen LogP contribution in [0.1, 0.15) is 32.1 Å². The molecule has 86 valence electrons. The fourth-order valence-electron chi connectivity index (χ4n) is 2.14. The Morgan fingerprint density at radius 1 is 1.31 bits per heavy atom. The van der Waals surface area contributed by atoms with E-state index in [4.69, 9.17) is 4.74 Å². The third kappa shape index (κ3) is 2.81. The maximum Gasteiger partial charge on any atom is 0.311 e. The van der Waals surface area contributed by atoms with Crippen molar-refractivity contribution in [2.75, 3.05) is 0 Å². The lowest BCUT2D eigenvalue weighted by atomic mass is 10.0. The molecule has 0 atom stereocenters. The number of rotatable bonds is 3. The Morgan fingerprint density at radius 3 is 2.69 bits per heavy atom. The Kier molecular flexibility index (Phi) is 3.54. The van der Waals surface area contributed by atoms with Crippen molar-refractivity contribution in [3.05, 3.63) is 30.1 Å². The van der Waals surface area contributed by atoms with Crippen molar-refractivity contribution >= 4 is 5.97 Å². The first-order valence-electron chi connectivity index (χ1n) is 5.71. The lowest BCUT2D eigenvalue weighted by molar-refractivity contribution is -0.135. The van der Waals surface area contributed by atoms with Crippen molar-refractivity contribution in [1.29, 1.82) is 0 Å². The SMILES string of the molecule is O=C(CC1CCCC1)Oc1ccccc1F. The van der Waals surface area contributed by atoms with Gasteiger partial charge in [-0.2, -0.15) is 0 Å². The lowest BCUT2D eigenvalue weighted by Gasteiger charge is -2.08. The van der Waals surface area contributed by atoms with Gasteiger partial charge in [-0.05, 0) is 30.9 Å². The predicted molar refractivity (Wildman–Crippen MR) is 58.6 cm³/mol. The van der Waals surface area contributed by atoms with Gasteiger partial charge in [0.1, 0.15) is 0 Å². The molecule has 3 heteroatoms. The average Bonchev–Trinajstić information content (AvgIpc) is 2.74. The second-order valence-corrected chi connectivity index (χ2v) is 4.26. The molecule has 1 fully saturated rings. The first-order valence-corrected chi connectivity index (χ1v) is 5.71. The quantitative estimate of drug-likeness (QED) is 0.579. The van der Waals surface area contributed by atoms with Crippen molar-refractivity contribution in [3.8, 4) is 5.75 Å². The maximum atomic E-state index is 13.2. The van der Waals surface area contributed by atoms with Gasteiger partial charge < -0.3 is 4.74 Å². The first-order chi connectivity index (χ1) is 7.75. The summed E-state index contributed by atoms with van der Waals surface area (Å²) in [7, 11) is 0. The number of carbonyl (C=O) groups is 1. The number of hydrogen-bond acceptors (Lipinski definition) is 2. The minimum atomic E-state index is -0.484. The zero-order valence-electron chi connectivity index (χ0n) is 9.12. The number of halogens is 1. The molecule has 1 aliphatic rings. The minimum Gasteiger partial charge on any atom is -0.423 e. The van der Waals surface area contributed by atoms with E-state index >= 15 is 0 Å². The number of ether oxygens (including phenoxy) is 1. The zero-order valence-corrected chi connectivity index (χ0v) is 9.12. The van der Waals surface area contributed by atoms with Crippen LogP contribution >= 0.6 is 0 Å². The molecule has 0 aromatic heterocycles. The Labute approximate surface area is 94.4 Å². The normalized spacial score (nSPS) is 16.3. The summed E-state index contributed by atoms with van der Waals surface area (Å²) in [5, 5.41) is 0. The molecule has 2 nitrogen and oxygen atoms in total. The van der Waals surface area contributed by atoms with Gasteiger partial charge in [-0.3, -0.25) is 4.79 Å². The topological polar surface area (TPSA) is 26.3 Å². The Balaban J connectivity index is 1.89. The molecular weight excluding hydrogens is 207 g/mol. The van der Waals surface area contributed by atoms with Gasteiger partial charge in [0.15, 0.2) is 11.6 Å². The van der Waals surface area contributed by atoms with Crippen molar-refractivity contribution in [2.45, 2.75) is 32.1 Å². The Morgan fingerprint density at radius 2 is 2.00 bits per heavy atom. The van der Waals surface area contributed by atoms with Crippen LogP contribution in [0.15, 0.2) is 24.3 Å². The van der Waals surface area contributed by atoms with Crippen molar-refractivity contribution in [3.63, 3.8) is 0 Å². The summed E-state index contributed by atoms with van der Waals surface area (Å²) in [5.41, 5.74) is 0. The van der Waals surface area contributed by atoms with Gasteiger partial charge in [-0.1, -0.05) is 25.0 Å². The molecule has 1 aliphatic carbocycles. The van der Waals surface area contributed by atoms with Gasteiger partial charge in [0, 0.05) is 6.42 Å². The average molecular weight is 222 g/mol. The highest BCUT2D eigenvalue weighted by Crippen LogP contribution is 2.28. The highest BCUT2D eigenvalue weighted by molar-refractivity contribution is 5.72. The molecule has 0 aliphatic heterocycles. The molecule has 0 N–H and O–H groups in total. The molecular formula is C13H15FO2. The van der Waals surface area contributed by atoms with Gasteiger partial charge in [0.05, 0.1) is 0 Å². The molecule has 0 saturated heterocycles. The van der Waals surface area contributed by atoms with Gasteiger partial charge in [0.2, 0.25) is 0 Å². The second kappa shape index (κ2) is 5.10. The van der Waals surface area contributed by atoms with Crippen LogP contribution in [0.5, 0.6) is 5.75 Å². The third-order valence-electron chi connectivity index (χ3n) is 2.99. The molecule has 0 spiro atoms. The highest BCUT2D eigenvalue weighted by atomic mass is 19.1. The summed E-state index contributed by atoms with van der Waals surface area (Å²) in [6.07, 6.45) is 4.97. The number of benzene rings is 1. The van der Waals surface area contributed by atoms with Crippen LogP contribution in [0.4, 0.5) is 4.39 Å². The fourth-order valence-corrected chi connectivity index (χ4v) is 2.14. The third-order valence-corrected chi connectivity index (χ3v) is 2.99. The zero-order chi connectivity index (χ0) is 11.4. The van der Waals surface area contributed by atoms with Crippen molar-refractivity contribution in [1.82, 2.24) is 0 Å². The summed E-state index contributed by atoms with van der Waals surface area (Å²) in [6, 6.07) is 5.99. The maximum absolute atomic E-state index is 13.2. The van der Waals surface area contributed by atoms with Crippen LogP contribution in [0.25, 0.3) is 0 Å². The molecule has 1 aromatic carbocycles. The van der Waals surface area contributed by atoms with E-state index in [0.29, 0.717) is 12.3 Å². The van der Waals surface area contributed by atoms with Crippen molar-refractivity contribution < 1.29 is 13.9 Å². The molecule has 1 aromatic rings. The van der Waals surface area contributed by atoms with Gasteiger partial charge in [-0.25, -0.2) is 4.39 Å². The molecule has 0 unspecified atom stereocenters. The van der Waals surface area contributed by atoms with Crippen LogP contribution in [0, 0.1) is 11.7 Å². The molecule has 16 heavy (non-hydrogen) atoms. The van der Waals surface area contributed by atoms with Crippen LogP contribution in [-0.4, -0.2) is 5.97 Å². The monoisotopic (exact) mass is 222 g/mol. The number of para-hydroxylation sites is 1. The summed E-state index contributed by atoms with van der Waals surface area (Å²) in [4.78, 5) is 11.5. The largest absolute Gasteiger partial charge is 0.423 e. The molecule has 2 rings (SSSR count). The van der Waals surface area contributed by atoms with Crippen LogP contribution in [0.2, 0.25) is 0 Å². The van der Waals surface area contributed by atoms with E-state index < -0.39 is 5.82 Å². The van der Waals surface area contributed by atoms with E-state index in [9.17, 15) is 9.18 Å². The molecule has 0 amide bonds. The fraction of sp³-hybridized carbons (Fsp3) is 0.462. The first kappa shape index (κ1) is 11.1. The number of hydrogen-bond donors (Lipinski definition) is 0. The predicted octanol–water partition coefficient (Wildman–Crippen LogP) is 3.31. The van der Waals surface area contributed by atoms with E-state index in [0.717, 1.165) is 12.8 Å². The van der Waals surface area contributed by atoms with Gasteiger partial charge in [-0.15, -0.1) is 0 Å². The highest BCUT2D eigenvalue weighted by Gasteiger charge is 2.20. The summed E-state index contributed by atoms with van der Waals surface area (Å²) < 4.78 is 18.2. The van der Waals surface area contributed by atoms with Gasteiger partial charge in [0.25, 0.3) is 0 Å². The Bertz CT molecular complexity index is 370. The number of carbonyl (C=O) groups excluding carboxylic acids is 1. The van der Waals surface area contributed by atoms with E-state index in [1.54, 1.807) is 12.1 Å². The molecule has 1 saturated carbocycles. The second-order valence-electron chi connectivity index (χ2n) is 4.26. The van der Waals surface area contributed by atoms with Crippen molar-refractivity contribution in [2.24, 2.45) is 5.92 Å². The van der Waals surface area contributed by atoms with E-state index in [1.807, 2.05) is 0 Å². The molecule has 0 radical (unpaired) electrons. The van der Waals surface area contributed by atoms with E-state index in [2.05, 4.69) is 0 Å². The van der Waals surface area contributed by atoms with E-state index in [-0.39, 0.29) is 11.7 Å². The van der Waals surface area contributed by atoms with Crippen LogP contribution in [0.3, 0.4) is 0 Å². The van der Waals surface area contributed by atoms with Crippen LogP contribution < -0.4 is 4.74 Å². The number of esters is 1. The smallest absolute Gasteiger partial charge is 0.311 e. The lowest BCUT2D eigenvalue weighted by Crippen LogP contribution is -2.13. The standard InChI is InChI=1S/C13H15FO2/c14-11-7-3-4-8-12(11)16-13(15)9-10-5-1-2-6-10/h3-4,7-8,10H,1-2,5-6,9H2. The summed E-state index contributed by atoms with van der Waals surface area (Å²) in [6.45, 7) is 0. The molecule has 0 bridgehead atoms.